The monoisotopic (exact) mass is 239 g/mol. The fourth-order valence-electron chi connectivity index (χ4n) is 1.19. The van der Waals surface area contributed by atoms with Crippen LogP contribution in [0.2, 0.25) is 0 Å². The molecule has 0 spiro atoms. The van der Waals surface area contributed by atoms with Crippen LogP contribution < -0.4 is 0 Å². The van der Waals surface area contributed by atoms with Crippen LogP contribution in [-0.2, 0) is 23.9 Å². The van der Waals surface area contributed by atoms with Crippen LogP contribution in [0.5, 0.6) is 0 Å². The number of hydrogen-bond donors (Lipinski definition) is 0. The molecule has 0 saturated carbocycles. The molecule has 0 radical (unpaired) electrons. The van der Waals surface area contributed by atoms with Crippen LogP contribution in [0.15, 0.2) is 12.2 Å². The number of imide groups is 1. The summed E-state index contributed by atoms with van der Waals surface area (Å²) < 4.78 is 4.78. The van der Waals surface area contributed by atoms with E-state index in [0.29, 0.717) is 0 Å². The Balaban J connectivity index is 2.36. The van der Waals surface area contributed by atoms with Crippen molar-refractivity contribution >= 4 is 23.6 Å². The molecule has 0 N–H and O–H groups in total. The summed E-state index contributed by atoms with van der Waals surface area (Å²) in [5, 5.41) is 0. The molecule has 92 valence electrons. The lowest BCUT2D eigenvalue weighted by Gasteiger charge is -2.14. The third-order valence-corrected chi connectivity index (χ3v) is 2.32. The van der Waals surface area contributed by atoms with Gasteiger partial charge in [-0.1, -0.05) is 0 Å². The van der Waals surface area contributed by atoms with Gasteiger partial charge in [-0.15, -0.1) is 0 Å². The molecule has 1 atom stereocenters. The maximum atomic E-state index is 11.3. The number of nitrogens with zero attached hydrogens (tertiary/aromatic N) is 1. The molecule has 1 aliphatic heterocycles. The van der Waals surface area contributed by atoms with Crippen molar-refractivity contribution in [2.75, 3.05) is 6.54 Å². The summed E-state index contributed by atoms with van der Waals surface area (Å²) in [5.41, 5.74) is 0. The number of amides is 2. The van der Waals surface area contributed by atoms with E-state index in [4.69, 9.17) is 4.74 Å². The molecule has 1 aliphatic rings. The minimum atomic E-state index is -0.800. The number of ether oxygens (including phenoxy) is 1. The smallest absolute Gasteiger partial charge is 0.308 e. The van der Waals surface area contributed by atoms with Gasteiger partial charge >= 0.3 is 5.97 Å². The Hall–Kier alpha value is -1.98. The zero-order valence-electron chi connectivity index (χ0n) is 9.63. The summed E-state index contributed by atoms with van der Waals surface area (Å²) >= 11 is 0. The highest BCUT2D eigenvalue weighted by atomic mass is 16.5. The molecule has 0 aromatic carbocycles. The van der Waals surface area contributed by atoms with Crippen LogP contribution in [0.4, 0.5) is 0 Å². The van der Waals surface area contributed by atoms with Crippen molar-refractivity contribution in [3.05, 3.63) is 12.2 Å². The standard InChI is InChI=1S/C11H13NO5/c1-7(13)8(2)17-11(16)5-6-12-9(14)3-4-10(12)15/h3-4,8H,5-6H2,1-2H3. The van der Waals surface area contributed by atoms with Gasteiger partial charge in [0.05, 0.1) is 6.42 Å². The summed E-state index contributed by atoms with van der Waals surface area (Å²) in [6.07, 6.45) is 1.37. The van der Waals surface area contributed by atoms with Crippen LogP contribution >= 0.6 is 0 Å². The van der Waals surface area contributed by atoms with E-state index in [1.165, 1.54) is 13.8 Å². The maximum Gasteiger partial charge on any atom is 0.308 e. The zero-order chi connectivity index (χ0) is 13.0. The van der Waals surface area contributed by atoms with E-state index in [9.17, 15) is 19.2 Å². The average molecular weight is 239 g/mol. The summed E-state index contributed by atoms with van der Waals surface area (Å²) in [7, 11) is 0. The third kappa shape index (κ3) is 3.51. The zero-order valence-corrected chi connectivity index (χ0v) is 9.63. The molecule has 17 heavy (non-hydrogen) atoms. The number of Topliss-reactive ketones (excluding diaryl/α,β-unsaturated/α-hetero) is 1. The Morgan fingerprint density at radius 1 is 1.29 bits per heavy atom. The van der Waals surface area contributed by atoms with Crippen molar-refractivity contribution < 1.29 is 23.9 Å². The predicted molar refractivity (Wildman–Crippen MR) is 56.7 cm³/mol. The number of rotatable bonds is 5. The number of carbonyl (C=O) groups is 4. The van der Waals surface area contributed by atoms with E-state index in [0.717, 1.165) is 17.1 Å². The molecule has 6 nitrogen and oxygen atoms in total. The second kappa shape index (κ2) is 5.38. The van der Waals surface area contributed by atoms with Crippen molar-refractivity contribution in [1.82, 2.24) is 4.90 Å². The van der Waals surface area contributed by atoms with Gasteiger partial charge in [-0.2, -0.15) is 0 Å². The minimum absolute atomic E-state index is 0.0336. The van der Waals surface area contributed by atoms with Crippen molar-refractivity contribution in [1.29, 1.82) is 0 Å². The van der Waals surface area contributed by atoms with Gasteiger partial charge in [0.15, 0.2) is 11.9 Å². The molecule has 0 bridgehead atoms. The molecule has 0 aromatic rings. The van der Waals surface area contributed by atoms with E-state index in [1.807, 2.05) is 0 Å². The van der Waals surface area contributed by atoms with E-state index in [1.54, 1.807) is 0 Å². The lowest BCUT2D eigenvalue weighted by molar-refractivity contribution is -0.154. The Kier molecular flexibility index (Phi) is 4.14. The number of esters is 1. The van der Waals surface area contributed by atoms with Gasteiger partial charge < -0.3 is 4.74 Å². The predicted octanol–water partition coefficient (Wildman–Crippen LogP) is -0.178. The van der Waals surface area contributed by atoms with E-state index in [2.05, 4.69) is 0 Å². The molecular weight excluding hydrogens is 226 g/mol. The number of hydrogen-bond acceptors (Lipinski definition) is 5. The SMILES string of the molecule is CC(=O)C(C)OC(=O)CCN1C(=O)C=CC1=O. The Labute approximate surface area is 98.2 Å². The Bertz CT molecular complexity index is 381. The molecule has 0 aliphatic carbocycles. The molecule has 6 heteroatoms. The van der Waals surface area contributed by atoms with E-state index in [-0.39, 0.29) is 18.7 Å². The molecular formula is C11H13NO5. The van der Waals surface area contributed by atoms with Crippen molar-refractivity contribution in [3.63, 3.8) is 0 Å². The quantitative estimate of drug-likeness (QED) is 0.491. The highest BCUT2D eigenvalue weighted by Crippen LogP contribution is 2.05. The fraction of sp³-hybridized carbons (Fsp3) is 0.455. The van der Waals surface area contributed by atoms with Crippen molar-refractivity contribution in [2.24, 2.45) is 0 Å². The third-order valence-electron chi connectivity index (χ3n) is 2.32. The summed E-state index contributed by atoms with van der Waals surface area (Å²) in [6, 6.07) is 0. The number of ketones is 1. The maximum absolute atomic E-state index is 11.3. The summed E-state index contributed by atoms with van der Waals surface area (Å²) in [4.78, 5) is 45.3. The number of carbonyl (C=O) groups excluding carboxylic acids is 4. The fourth-order valence-corrected chi connectivity index (χ4v) is 1.19. The normalized spacial score (nSPS) is 16.2. The van der Waals surface area contributed by atoms with Crippen LogP contribution in [0, 0.1) is 0 Å². The Morgan fingerprint density at radius 3 is 2.29 bits per heavy atom. The molecule has 0 aromatic heterocycles. The van der Waals surface area contributed by atoms with Crippen molar-refractivity contribution in [2.45, 2.75) is 26.4 Å². The van der Waals surface area contributed by atoms with Crippen LogP contribution in [0.3, 0.4) is 0 Å². The molecule has 2 amide bonds. The molecule has 1 heterocycles. The first-order valence-electron chi connectivity index (χ1n) is 5.15. The van der Waals surface area contributed by atoms with Gasteiger partial charge in [0.25, 0.3) is 11.8 Å². The second-order valence-electron chi connectivity index (χ2n) is 3.65. The molecule has 0 saturated heterocycles. The van der Waals surface area contributed by atoms with Crippen LogP contribution in [0.1, 0.15) is 20.3 Å². The summed E-state index contributed by atoms with van der Waals surface area (Å²) in [6.45, 7) is 2.75. The van der Waals surface area contributed by atoms with Gasteiger partial charge in [-0.3, -0.25) is 24.1 Å². The minimum Gasteiger partial charge on any atom is -0.455 e. The molecule has 1 unspecified atom stereocenters. The van der Waals surface area contributed by atoms with Crippen molar-refractivity contribution in [3.8, 4) is 0 Å². The van der Waals surface area contributed by atoms with Crippen LogP contribution in [0.25, 0.3) is 0 Å². The van der Waals surface area contributed by atoms with Gasteiger partial charge in [-0.05, 0) is 13.8 Å². The largest absolute Gasteiger partial charge is 0.455 e. The van der Waals surface area contributed by atoms with Gasteiger partial charge in [-0.25, -0.2) is 0 Å². The highest BCUT2D eigenvalue weighted by Gasteiger charge is 2.24. The summed E-state index contributed by atoms with van der Waals surface area (Å²) in [5.74, 6) is -1.75. The van der Waals surface area contributed by atoms with Gasteiger partial charge in [0.1, 0.15) is 0 Å². The topological polar surface area (TPSA) is 80.8 Å². The first-order chi connectivity index (χ1) is 7.91. The first kappa shape index (κ1) is 13.1. The van der Waals surface area contributed by atoms with E-state index < -0.39 is 23.9 Å². The highest BCUT2D eigenvalue weighted by molar-refractivity contribution is 6.13. The van der Waals surface area contributed by atoms with E-state index >= 15 is 0 Å². The first-order valence-corrected chi connectivity index (χ1v) is 5.15. The van der Waals surface area contributed by atoms with Gasteiger partial charge in [0, 0.05) is 18.7 Å². The van der Waals surface area contributed by atoms with Gasteiger partial charge in [0.2, 0.25) is 0 Å². The Morgan fingerprint density at radius 2 is 1.82 bits per heavy atom. The van der Waals surface area contributed by atoms with Crippen LogP contribution in [-0.4, -0.2) is 41.1 Å². The molecule has 0 fully saturated rings. The second-order valence-corrected chi connectivity index (χ2v) is 3.65. The average Bonchev–Trinajstić information content (AvgIpc) is 2.56. The lowest BCUT2D eigenvalue weighted by Crippen LogP contribution is -2.33. The lowest BCUT2D eigenvalue weighted by atomic mass is 10.3. The molecule has 1 rings (SSSR count).